The summed E-state index contributed by atoms with van der Waals surface area (Å²) in [6.07, 6.45) is 4.34. The zero-order chi connectivity index (χ0) is 14.5. The molecule has 0 aliphatic rings. The van der Waals surface area contributed by atoms with E-state index in [-0.39, 0.29) is 6.04 Å². The second-order valence-electron chi connectivity index (χ2n) is 4.18. The van der Waals surface area contributed by atoms with Crippen LogP contribution in [0.2, 0.25) is 8.67 Å². The van der Waals surface area contributed by atoms with Crippen LogP contribution in [0.5, 0.6) is 5.75 Å². The SMILES string of the molecule is CCCOc1cncc(C(NN)c2cc(Cl)sc2Cl)c1. The topological polar surface area (TPSA) is 60.2 Å². The van der Waals surface area contributed by atoms with Gasteiger partial charge in [0.2, 0.25) is 0 Å². The number of hydrazine groups is 1. The summed E-state index contributed by atoms with van der Waals surface area (Å²) in [6, 6.07) is 3.43. The minimum Gasteiger partial charge on any atom is -0.492 e. The first-order chi connectivity index (χ1) is 9.65. The third-order valence-corrected chi connectivity index (χ3v) is 4.22. The number of thiophene rings is 1. The Kier molecular flexibility index (Phi) is 5.63. The molecule has 20 heavy (non-hydrogen) atoms. The number of pyridine rings is 1. The summed E-state index contributed by atoms with van der Waals surface area (Å²) in [6.45, 7) is 2.70. The van der Waals surface area contributed by atoms with Crippen LogP contribution >= 0.6 is 34.5 Å². The van der Waals surface area contributed by atoms with Crippen molar-refractivity contribution in [3.8, 4) is 5.75 Å². The molecule has 2 aromatic heterocycles. The van der Waals surface area contributed by atoms with E-state index in [0.717, 1.165) is 17.5 Å². The zero-order valence-corrected chi connectivity index (χ0v) is 13.2. The van der Waals surface area contributed by atoms with Gasteiger partial charge in [-0.1, -0.05) is 30.1 Å². The Labute approximate surface area is 131 Å². The van der Waals surface area contributed by atoms with E-state index in [0.29, 0.717) is 21.0 Å². The van der Waals surface area contributed by atoms with Crippen LogP contribution in [0.1, 0.15) is 30.5 Å². The molecule has 0 fully saturated rings. The van der Waals surface area contributed by atoms with E-state index in [9.17, 15) is 0 Å². The quantitative estimate of drug-likeness (QED) is 0.624. The highest BCUT2D eigenvalue weighted by Gasteiger charge is 2.19. The lowest BCUT2D eigenvalue weighted by Gasteiger charge is -2.16. The number of nitrogens with zero attached hydrogens (tertiary/aromatic N) is 1. The number of ether oxygens (including phenoxy) is 1. The molecule has 0 aliphatic carbocycles. The van der Waals surface area contributed by atoms with E-state index in [2.05, 4.69) is 17.3 Å². The first-order valence-corrected chi connectivity index (χ1v) is 7.71. The van der Waals surface area contributed by atoms with Gasteiger partial charge in [-0.3, -0.25) is 10.8 Å². The van der Waals surface area contributed by atoms with Crippen molar-refractivity contribution in [2.45, 2.75) is 19.4 Å². The summed E-state index contributed by atoms with van der Waals surface area (Å²) in [5.41, 5.74) is 4.44. The predicted octanol–water partition coefficient (Wildman–Crippen LogP) is 3.79. The Morgan fingerprint density at radius 2 is 2.20 bits per heavy atom. The smallest absolute Gasteiger partial charge is 0.137 e. The molecule has 0 bridgehead atoms. The second-order valence-corrected chi connectivity index (χ2v) is 6.47. The minimum atomic E-state index is -0.274. The van der Waals surface area contributed by atoms with Crippen LogP contribution in [0.4, 0.5) is 0 Å². The highest BCUT2D eigenvalue weighted by Crippen LogP contribution is 2.37. The Morgan fingerprint density at radius 1 is 1.40 bits per heavy atom. The molecule has 1 atom stereocenters. The van der Waals surface area contributed by atoms with Crippen molar-refractivity contribution >= 4 is 34.5 Å². The molecule has 1 unspecified atom stereocenters. The summed E-state index contributed by atoms with van der Waals surface area (Å²) >= 11 is 13.5. The average molecular weight is 332 g/mol. The lowest BCUT2D eigenvalue weighted by Crippen LogP contribution is -2.28. The lowest BCUT2D eigenvalue weighted by atomic mass is 10.0. The largest absolute Gasteiger partial charge is 0.492 e. The van der Waals surface area contributed by atoms with Crippen LogP contribution in [0.3, 0.4) is 0 Å². The molecule has 7 heteroatoms. The van der Waals surface area contributed by atoms with Crippen LogP contribution in [-0.4, -0.2) is 11.6 Å². The Hall–Kier alpha value is -0.850. The summed E-state index contributed by atoms with van der Waals surface area (Å²) < 4.78 is 6.81. The molecule has 2 aromatic rings. The molecule has 0 saturated heterocycles. The van der Waals surface area contributed by atoms with Crippen LogP contribution in [0, 0.1) is 0 Å². The Morgan fingerprint density at radius 3 is 2.80 bits per heavy atom. The number of nitrogens with two attached hydrogens (primary N) is 1. The monoisotopic (exact) mass is 331 g/mol. The van der Waals surface area contributed by atoms with Gasteiger partial charge in [0, 0.05) is 11.8 Å². The molecule has 0 aliphatic heterocycles. The first-order valence-electron chi connectivity index (χ1n) is 6.14. The minimum absolute atomic E-state index is 0.274. The zero-order valence-electron chi connectivity index (χ0n) is 10.9. The maximum Gasteiger partial charge on any atom is 0.137 e. The molecule has 108 valence electrons. The van der Waals surface area contributed by atoms with Gasteiger partial charge in [-0.05, 0) is 24.1 Å². The van der Waals surface area contributed by atoms with Gasteiger partial charge in [-0.2, -0.15) is 0 Å². The van der Waals surface area contributed by atoms with E-state index in [4.69, 9.17) is 33.8 Å². The van der Waals surface area contributed by atoms with Crippen LogP contribution < -0.4 is 16.0 Å². The number of hydrogen-bond acceptors (Lipinski definition) is 5. The van der Waals surface area contributed by atoms with Crippen LogP contribution in [0.15, 0.2) is 24.5 Å². The summed E-state index contributed by atoms with van der Waals surface area (Å²) in [5, 5.41) is 0. The Balaban J connectivity index is 2.29. The van der Waals surface area contributed by atoms with Crippen molar-refractivity contribution < 1.29 is 4.74 Å². The molecule has 0 aromatic carbocycles. The lowest BCUT2D eigenvalue weighted by molar-refractivity contribution is 0.315. The maximum absolute atomic E-state index is 6.18. The highest BCUT2D eigenvalue weighted by atomic mass is 35.5. The van der Waals surface area contributed by atoms with Crippen LogP contribution in [-0.2, 0) is 0 Å². The van der Waals surface area contributed by atoms with Gasteiger partial charge in [0.05, 0.1) is 27.5 Å². The third-order valence-electron chi connectivity index (χ3n) is 2.70. The number of hydrogen-bond donors (Lipinski definition) is 2. The van der Waals surface area contributed by atoms with Crippen molar-refractivity contribution in [1.29, 1.82) is 0 Å². The average Bonchev–Trinajstić information content (AvgIpc) is 2.77. The molecular weight excluding hydrogens is 317 g/mol. The number of nitrogens with one attached hydrogen (secondary N) is 1. The van der Waals surface area contributed by atoms with Gasteiger partial charge in [0.15, 0.2) is 0 Å². The third kappa shape index (κ3) is 3.62. The van der Waals surface area contributed by atoms with Crippen molar-refractivity contribution in [3.63, 3.8) is 0 Å². The van der Waals surface area contributed by atoms with E-state index in [1.165, 1.54) is 11.3 Å². The first kappa shape index (κ1) is 15.5. The maximum atomic E-state index is 6.18. The van der Waals surface area contributed by atoms with Gasteiger partial charge < -0.3 is 4.74 Å². The number of aromatic nitrogens is 1. The summed E-state index contributed by atoms with van der Waals surface area (Å²) in [7, 11) is 0. The molecular formula is C13H15Cl2N3OS. The molecule has 2 rings (SSSR count). The second kappa shape index (κ2) is 7.24. The normalized spacial score (nSPS) is 12.4. The van der Waals surface area contributed by atoms with Crippen LogP contribution in [0.25, 0.3) is 0 Å². The van der Waals surface area contributed by atoms with Gasteiger partial charge in [-0.25, -0.2) is 5.43 Å². The fraction of sp³-hybridized carbons (Fsp3) is 0.308. The molecule has 4 nitrogen and oxygen atoms in total. The molecule has 0 spiro atoms. The molecule has 0 saturated carbocycles. The fourth-order valence-electron chi connectivity index (χ4n) is 1.81. The van der Waals surface area contributed by atoms with Crippen molar-refractivity contribution in [2.24, 2.45) is 5.84 Å². The van der Waals surface area contributed by atoms with Crippen molar-refractivity contribution in [1.82, 2.24) is 10.4 Å². The molecule has 0 radical (unpaired) electrons. The highest BCUT2D eigenvalue weighted by molar-refractivity contribution is 7.20. The number of halogens is 2. The van der Waals surface area contributed by atoms with E-state index in [1.807, 2.05) is 6.07 Å². The standard InChI is InChI=1S/C13H15Cl2N3OS/c1-2-3-19-9-4-8(6-17-7-9)12(18-16)10-5-11(14)20-13(10)15/h4-7,12,18H,2-3,16H2,1H3. The van der Waals surface area contributed by atoms with Gasteiger partial charge in [-0.15, -0.1) is 11.3 Å². The molecule has 2 heterocycles. The van der Waals surface area contributed by atoms with E-state index < -0.39 is 0 Å². The van der Waals surface area contributed by atoms with E-state index >= 15 is 0 Å². The van der Waals surface area contributed by atoms with Gasteiger partial charge in [0.1, 0.15) is 5.75 Å². The van der Waals surface area contributed by atoms with Gasteiger partial charge in [0.25, 0.3) is 0 Å². The predicted molar refractivity (Wildman–Crippen MR) is 83.5 cm³/mol. The molecule has 3 N–H and O–H groups in total. The number of rotatable bonds is 6. The van der Waals surface area contributed by atoms with Crippen molar-refractivity contribution in [2.75, 3.05) is 6.61 Å². The summed E-state index contributed by atoms with van der Waals surface area (Å²) in [4.78, 5) is 4.18. The summed E-state index contributed by atoms with van der Waals surface area (Å²) in [5.74, 6) is 6.36. The van der Waals surface area contributed by atoms with Crippen molar-refractivity contribution in [3.05, 3.63) is 44.3 Å². The Bertz CT molecular complexity index is 576. The van der Waals surface area contributed by atoms with E-state index in [1.54, 1.807) is 18.5 Å². The fourth-order valence-corrected chi connectivity index (χ4v) is 3.34. The van der Waals surface area contributed by atoms with Gasteiger partial charge >= 0.3 is 0 Å². The molecule has 0 amide bonds.